The van der Waals surface area contributed by atoms with Gasteiger partial charge in [0, 0.05) is 23.0 Å². The minimum absolute atomic E-state index is 0.0584. The molecule has 0 amide bonds. The van der Waals surface area contributed by atoms with Crippen LogP contribution in [0.3, 0.4) is 0 Å². The molecule has 0 unspecified atom stereocenters. The van der Waals surface area contributed by atoms with E-state index in [1.165, 1.54) is 18.4 Å². The molecule has 0 aliphatic rings. The van der Waals surface area contributed by atoms with E-state index < -0.39 is 20.7 Å². The van der Waals surface area contributed by atoms with Crippen LogP contribution in [0.4, 0.5) is 4.39 Å². The molecule has 0 atom stereocenters. The Labute approximate surface area is 164 Å². The van der Waals surface area contributed by atoms with Crippen molar-refractivity contribution in [2.45, 2.75) is 11.3 Å². The van der Waals surface area contributed by atoms with Crippen LogP contribution in [0.1, 0.15) is 5.69 Å². The van der Waals surface area contributed by atoms with Gasteiger partial charge in [0.25, 0.3) is 0 Å². The first kappa shape index (κ1) is 19.5. The number of nitrogens with one attached hydrogen (secondary N) is 1. The second-order valence-electron chi connectivity index (χ2n) is 5.60. The summed E-state index contributed by atoms with van der Waals surface area (Å²) in [5.41, 5.74) is 1.36. The first-order chi connectivity index (χ1) is 12.9. The van der Waals surface area contributed by atoms with Gasteiger partial charge in [0.1, 0.15) is 22.7 Å². The maximum atomic E-state index is 13.8. The number of methoxy groups -OCH3 is 1. The Kier molecular flexibility index (Phi) is 5.93. The maximum absolute atomic E-state index is 13.8. The van der Waals surface area contributed by atoms with E-state index in [2.05, 4.69) is 25.6 Å². The maximum Gasteiger partial charge on any atom is 0.243 e. The molecule has 9 heteroatoms. The first-order valence-corrected chi connectivity index (χ1v) is 10.2. The van der Waals surface area contributed by atoms with E-state index in [0.717, 1.165) is 17.4 Å². The van der Waals surface area contributed by atoms with Crippen molar-refractivity contribution in [2.24, 2.45) is 0 Å². The Morgan fingerprint density at radius 1 is 1.22 bits per heavy atom. The third kappa shape index (κ3) is 4.74. The molecule has 0 saturated carbocycles. The molecular weight excluding hydrogens is 439 g/mol. The van der Waals surface area contributed by atoms with Crippen molar-refractivity contribution < 1.29 is 22.0 Å². The van der Waals surface area contributed by atoms with Crippen LogP contribution in [-0.2, 0) is 16.4 Å². The molecule has 3 rings (SSSR count). The van der Waals surface area contributed by atoms with Crippen molar-refractivity contribution in [1.29, 1.82) is 0 Å². The molecule has 2 aromatic carbocycles. The van der Waals surface area contributed by atoms with E-state index in [4.69, 9.17) is 9.15 Å². The van der Waals surface area contributed by atoms with Crippen LogP contribution in [0.25, 0.3) is 11.5 Å². The third-order valence-corrected chi connectivity index (χ3v) is 5.71. The van der Waals surface area contributed by atoms with Crippen molar-refractivity contribution in [3.8, 4) is 17.2 Å². The average Bonchev–Trinajstić information content (AvgIpc) is 3.12. The fourth-order valence-corrected chi connectivity index (χ4v) is 4.01. The summed E-state index contributed by atoms with van der Waals surface area (Å²) in [6.45, 7) is 0.0584. The number of halogens is 2. The second-order valence-corrected chi connectivity index (χ2v) is 8.25. The summed E-state index contributed by atoms with van der Waals surface area (Å²) in [5.74, 6) is 0.335. The van der Waals surface area contributed by atoms with Gasteiger partial charge in [-0.15, -0.1) is 0 Å². The number of ether oxygens (including phenoxy) is 1. The Morgan fingerprint density at radius 2 is 1.96 bits per heavy atom. The fourth-order valence-electron chi connectivity index (χ4n) is 2.36. The lowest BCUT2D eigenvalue weighted by Crippen LogP contribution is -2.26. The average molecular weight is 455 g/mol. The van der Waals surface area contributed by atoms with Gasteiger partial charge in [0.05, 0.1) is 12.8 Å². The molecule has 142 valence electrons. The zero-order valence-electron chi connectivity index (χ0n) is 14.3. The van der Waals surface area contributed by atoms with Crippen LogP contribution in [0.2, 0.25) is 0 Å². The van der Waals surface area contributed by atoms with Crippen LogP contribution < -0.4 is 9.46 Å². The number of hydrogen-bond acceptors (Lipinski definition) is 5. The van der Waals surface area contributed by atoms with Crippen LogP contribution >= 0.6 is 15.9 Å². The molecule has 1 N–H and O–H groups in total. The number of benzene rings is 2. The number of aromatic nitrogens is 1. The van der Waals surface area contributed by atoms with Crippen LogP contribution in [0.15, 0.2) is 62.5 Å². The normalized spacial score (nSPS) is 11.5. The Bertz CT molecular complexity index is 1040. The van der Waals surface area contributed by atoms with Gasteiger partial charge >= 0.3 is 0 Å². The first-order valence-electron chi connectivity index (χ1n) is 7.92. The Morgan fingerprint density at radius 3 is 2.67 bits per heavy atom. The second kappa shape index (κ2) is 8.20. The quantitative estimate of drug-likeness (QED) is 0.587. The molecular formula is C18H16BrFN2O4S. The highest BCUT2D eigenvalue weighted by Crippen LogP contribution is 2.22. The van der Waals surface area contributed by atoms with Crippen molar-refractivity contribution in [2.75, 3.05) is 13.7 Å². The number of oxazole rings is 1. The summed E-state index contributed by atoms with van der Waals surface area (Å²) in [7, 11) is -2.38. The lowest BCUT2D eigenvalue weighted by atomic mass is 10.2. The summed E-state index contributed by atoms with van der Waals surface area (Å²) >= 11 is 3.14. The van der Waals surface area contributed by atoms with E-state index in [1.807, 2.05) is 12.1 Å². The molecule has 27 heavy (non-hydrogen) atoms. The predicted octanol–water partition coefficient (Wildman–Crippen LogP) is 3.77. The van der Waals surface area contributed by atoms with E-state index in [1.54, 1.807) is 19.2 Å². The number of hydrogen-bond donors (Lipinski definition) is 1. The summed E-state index contributed by atoms with van der Waals surface area (Å²) in [5, 5.41) is 0. The molecule has 1 heterocycles. The zero-order valence-corrected chi connectivity index (χ0v) is 16.7. The lowest BCUT2D eigenvalue weighted by Gasteiger charge is -2.07. The minimum Gasteiger partial charge on any atom is -0.497 e. The van der Waals surface area contributed by atoms with Gasteiger partial charge in [-0.3, -0.25) is 0 Å². The van der Waals surface area contributed by atoms with Crippen LogP contribution in [-0.4, -0.2) is 27.1 Å². The summed E-state index contributed by atoms with van der Waals surface area (Å²) < 4.78 is 51.7. The molecule has 3 aromatic rings. The highest BCUT2D eigenvalue weighted by atomic mass is 79.9. The Hall–Kier alpha value is -2.23. The van der Waals surface area contributed by atoms with E-state index in [-0.39, 0.29) is 6.54 Å². The topological polar surface area (TPSA) is 81.4 Å². The number of sulfonamides is 1. The molecule has 1 aromatic heterocycles. The van der Waals surface area contributed by atoms with Gasteiger partial charge in [-0.25, -0.2) is 22.5 Å². The highest BCUT2D eigenvalue weighted by Gasteiger charge is 2.19. The van der Waals surface area contributed by atoms with Gasteiger partial charge in [-0.1, -0.05) is 15.9 Å². The fraction of sp³-hybridized carbons (Fsp3) is 0.167. The van der Waals surface area contributed by atoms with Crippen molar-refractivity contribution >= 4 is 26.0 Å². The van der Waals surface area contributed by atoms with Gasteiger partial charge < -0.3 is 9.15 Å². The SMILES string of the molecule is COc1ccc(-c2nc(CCNS(=O)(=O)c3cc(Br)ccc3F)co2)cc1. The van der Waals surface area contributed by atoms with Gasteiger partial charge in [0.15, 0.2) is 0 Å². The molecule has 0 fully saturated rings. The van der Waals surface area contributed by atoms with Gasteiger partial charge in [0.2, 0.25) is 15.9 Å². The van der Waals surface area contributed by atoms with Crippen molar-refractivity contribution in [3.05, 3.63) is 64.7 Å². The predicted molar refractivity (Wildman–Crippen MR) is 101 cm³/mol. The smallest absolute Gasteiger partial charge is 0.243 e. The summed E-state index contributed by atoms with van der Waals surface area (Å²) in [6, 6.07) is 11.0. The van der Waals surface area contributed by atoms with Crippen molar-refractivity contribution in [1.82, 2.24) is 9.71 Å². The van der Waals surface area contributed by atoms with Gasteiger partial charge in [-0.2, -0.15) is 0 Å². The number of rotatable bonds is 7. The molecule has 0 aliphatic heterocycles. The largest absolute Gasteiger partial charge is 0.497 e. The Balaban J connectivity index is 1.64. The molecule has 0 saturated heterocycles. The zero-order chi connectivity index (χ0) is 19.4. The number of nitrogens with zero attached hydrogens (tertiary/aromatic N) is 1. The van der Waals surface area contributed by atoms with E-state index in [9.17, 15) is 12.8 Å². The van der Waals surface area contributed by atoms with Crippen LogP contribution in [0.5, 0.6) is 5.75 Å². The minimum atomic E-state index is -3.96. The molecule has 0 aliphatic carbocycles. The van der Waals surface area contributed by atoms with E-state index >= 15 is 0 Å². The lowest BCUT2D eigenvalue weighted by molar-refractivity contribution is 0.415. The monoisotopic (exact) mass is 454 g/mol. The molecule has 6 nitrogen and oxygen atoms in total. The summed E-state index contributed by atoms with van der Waals surface area (Å²) in [4.78, 5) is 3.93. The standard InChI is InChI=1S/C18H16BrFN2O4S/c1-25-15-5-2-12(3-6-15)18-22-14(11-26-18)8-9-21-27(23,24)17-10-13(19)4-7-16(17)20/h2-7,10-11,21H,8-9H2,1H3. The van der Waals surface area contributed by atoms with Crippen molar-refractivity contribution in [3.63, 3.8) is 0 Å². The highest BCUT2D eigenvalue weighted by molar-refractivity contribution is 9.10. The molecule has 0 radical (unpaired) electrons. The summed E-state index contributed by atoms with van der Waals surface area (Å²) in [6.07, 6.45) is 1.77. The molecule has 0 spiro atoms. The van der Waals surface area contributed by atoms with E-state index in [0.29, 0.717) is 22.5 Å². The molecule has 0 bridgehead atoms. The van der Waals surface area contributed by atoms with Gasteiger partial charge in [-0.05, 0) is 42.5 Å². The third-order valence-electron chi connectivity index (χ3n) is 3.74. The van der Waals surface area contributed by atoms with Crippen LogP contribution in [0, 0.1) is 5.82 Å².